The number of rotatable bonds is 1. The Morgan fingerprint density at radius 2 is 2.50 bits per heavy atom. The molecule has 0 aliphatic carbocycles. The predicted octanol–water partition coefficient (Wildman–Crippen LogP) is -0.916. The Morgan fingerprint density at radius 3 is 2.62 bits per heavy atom. The molecule has 0 aromatic heterocycles. The minimum absolute atomic E-state index is 0.300. The first-order chi connectivity index (χ1) is 3.66. The summed E-state index contributed by atoms with van der Waals surface area (Å²) in [5, 5.41) is 0. The zero-order valence-corrected chi connectivity index (χ0v) is 5.01. The summed E-state index contributed by atoms with van der Waals surface area (Å²) in [6, 6.07) is -0.300. The van der Waals surface area contributed by atoms with Crippen molar-refractivity contribution in [3.63, 3.8) is 0 Å². The Hall–Kier alpha value is -0.620. The first-order valence-electron chi connectivity index (χ1n) is 1.68. The maximum Gasteiger partial charge on any atom is 0.360 e. The molecule has 1 atom stereocenters. The second-order valence-electron chi connectivity index (χ2n) is 0.862. The van der Waals surface area contributed by atoms with E-state index in [9.17, 15) is 4.21 Å². The molecule has 0 aliphatic rings. The van der Waals surface area contributed by atoms with Gasteiger partial charge in [-0.1, -0.05) is 0 Å². The summed E-state index contributed by atoms with van der Waals surface area (Å²) in [4.78, 5) is 3.25. The Labute approximate surface area is 49.0 Å². The van der Waals surface area contributed by atoms with Gasteiger partial charge in [-0.2, -0.15) is 4.21 Å². The fraction of sp³-hybridized carbons (Fsp3) is 0.500. The molecule has 0 heterocycles. The van der Waals surface area contributed by atoms with Crippen molar-refractivity contribution >= 4 is 17.4 Å². The van der Waals surface area contributed by atoms with E-state index in [-0.39, 0.29) is 6.02 Å². The van der Waals surface area contributed by atoms with E-state index in [4.69, 9.17) is 10.3 Å². The van der Waals surface area contributed by atoms with Crippen LogP contribution in [-0.2, 0) is 15.5 Å². The van der Waals surface area contributed by atoms with Crippen LogP contribution in [-0.4, -0.2) is 21.8 Å². The lowest BCUT2D eigenvalue weighted by molar-refractivity contribution is 0.450. The molecule has 0 rings (SSSR count). The molecule has 0 aromatic rings. The van der Waals surface area contributed by atoms with E-state index in [1.165, 1.54) is 7.05 Å². The van der Waals surface area contributed by atoms with Gasteiger partial charge in [-0.05, 0) is 0 Å². The second-order valence-corrected chi connectivity index (χ2v) is 1.46. The van der Waals surface area contributed by atoms with Gasteiger partial charge in [0.25, 0.3) is 6.02 Å². The van der Waals surface area contributed by atoms with Crippen LogP contribution in [0.25, 0.3) is 0 Å². The zero-order chi connectivity index (χ0) is 6.57. The van der Waals surface area contributed by atoms with E-state index < -0.39 is 11.4 Å². The minimum atomic E-state index is -2.35. The summed E-state index contributed by atoms with van der Waals surface area (Å²) >= 11 is -2.35. The highest BCUT2D eigenvalue weighted by molar-refractivity contribution is 7.74. The molecule has 6 heteroatoms. The number of nitrogens with zero attached hydrogens (tertiary/aromatic N) is 1. The van der Waals surface area contributed by atoms with E-state index >= 15 is 0 Å². The zero-order valence-electron chi connectivity index (χ0n) is 4.20. The highest BCUT2D eigenvalue weighted by atomic mass is 32.2. The number of hydrogen-bond acceptors (Lipinski definition) is 3. The third kappa shape index (κ3) is 3.57. The Balaban J connectivity index is 3.56. The summed E-state index contributed by atoms with van der Waals surface area (Å²) in [7, 11) is 1.35. The molecule has 1 unspecified atom stereocenters. The molecule has 0 saturated carbocycles. The van der Waals surface area contributed by atoms with Crippen molar-refractivity contribution < 1.29 is 12.9 Å². The number of amidine groups is 1. The lowest BCUT2D eigenvalue weighted by Gasteiger charge is -1.92. The molecule has 0 bridgehead atoms. The quantitative estimate of drug-likeness (QED) is 0.279. The highest BCUT2D eigenvalue weighted by Gasteiger charge is 1.93. The summed E-state index contributed by atoms with van der Waals surface area (Å²) in [6.45, 7) is 0. The molecule has 0 aliphatic heterocycles. The lowest BCUT2D eigenvalue weighted by atomic mass is 11.2. The minimum Gasteiger partial charge on any atom is -0.353 e. The molecule has 0 spiro atoms. The van der Waals surface area contributed by atoms with Crippen LogP contribution in [0.3, 0.4) is 0 Å². The van der Waals surface area contributed by atoms with Crippen LogP contribution < -0.4 is 5.73 Å². The van der Waals surface area contributed by atoms with Crippen LogP contribution in [0.2, 0.25) is 0 Å². The molecule has 5 nitrogen and oxygen atoms in total. The third-order valence-electron chi connectivity index (χ3n) is 0.377. The van der Waals surface area contributed by atoms with E-state index in [1.54, 1.807) is 0 Å². The van der Waals surface area contributed by atoms with Gasteiger partial charge in [0.05, 0.1) is 0 Å². The third-order valence-corrected chi connectivity index (χ3v) is 0.690. The smallest absolute Gasteiger partial charge is 0.353 e. The van der Waals surface area contributed by atoms with E-state index in [0.717, 1.165) is 0 Å². The number of hydrogen-bond donors (Lipinski definition) is 2. The predicted molar refractivity (Wildman–Crippen MR) is 29.4 cm³/mol. The fourth-order valence-corrected chi connectivity index (χ4v) is 0.331. The Morgan fingerprint density at radius 1 is 2.00 bits per heavy atom. The molecule has 0 radical (unpaired) electrons. The molecule has 48 valence electrons. The Kier molecular flexibility index (Phi) is 3.13. The van der Waals surface area contributed by atoms with E-state index in [0.29, 0.717) is 0 Å². The molecule has 8 heavy (non-hydrogen) atoms. The van der Waals surface area contributed by atoms with Crippen molar-refractivity contribution in [2.75, 3.05) is 7.05 Å². The van der Waals surface area contributed by atoms with Crippen molar-refractivity contribution in [3.05, 3.63) is 0 Å². The molecule has 0 fully saturated rings. The molecular formula is C2H6N2O3S. The van der Waals surface area contributed by atoms with E-state index in [1.807, 2.05) is 0 Å². The highest BCUT2D eigenvalue weighted by Crippen LogP contribution is 1.75. The van der Waals surface area contributed by atoms with Gasteiger partial charge in [-0.15, -0.1) is 0 Å². The molecular weight excluding hydrogens is 132 g/mol. The molecule has 3 N–H and O–H groups in total. The molecule has 0 amide bonds. The normalized spacial score (nSPS) is 15.5. The van der Waals surface area contributed by atoms with Crippen LogP contribution in [0, 0.1) is 0 Å². The fourth-order valence-electron chi connectivity index (χ4n) is 0.110. The van der Waals surface area contributed by atoms with Gasteiger partial charge in [0.1, 0.15) is 0 Å². The van der Waals surface area contributed by atoms with Crippen molar-refractivity contribution in [1.29, 1.82) is 0 Å². The van der Waals surface area contributed by atoms with Crippen LogP contribution in [0.5, 0.6) is 0 Å². The summed E-state index contributed by atoms with van der Waals surface area (Å²) in [6.07, 6.45) is 0. The Bertz CT molecular complexity index is 122. The van der Waals surface area contributed by atoms with E-state index in [2.05, 4.69) is 9.18 Å². The van der Waals surface area contributed by atoms with Gasteiger partial charge < -0.3 is 9.92 Å². The van der Waals surface area contributed by atoms with Crippen LogP contribution in [0.15, 0.2) is 4.99 Å². The van der Waals surface area contributed by atoms with Crippen molar-refractivity contribution in [2.24, 2.45) is 10.7 Å². The topological polar surface area (TPSA) is 84.9 Å². The standard InChI is InChI=1S/C2H6N2O3S/c1-4-2(3)7-8(5)6/h1H3,(H2,3,4)(H,5,6). The van der Waals surface area contributed by atoms with Gasteiger partial charge in [0, 0.05) is 7.05 Å². The van der Waals surface area contributed by atoms with Crippen molar-refractivity contribution in [1.82, 2.24) is 0 Å². The van der Waals surface area contributed by atoms with Crippen LogP contribution >= 0.6 is 0 Å². The maximum atomic E-state index is 9.70. The maximum absolute atomic E-state index is 9.70. The van der Waals surface area contributed by atoms with Crippen LogP contribution in [0.1, 0.15) is 0 Å². The summed E-state index contributed by atoms with van der Waals surface area (Å²) in [5.41, 5.74) is 4.85. The number of aliphatic imine (C=N–C) groups is 1. The van der Waals surface area contributed by atoms with Crippen molar-refractivity contribution in [3.8, 4) is 0 Å². The van der Waals surface area contributed by atoms with Gasteiger partial charge in [-0.3, -0.25) is 4.55 Å². The largest absolute Gasteiger partial charge is 0.360 e. The molecule has 0 saturated heterocycles. The van der Waals surface area contributed by atoms with Gasteiger partial charge in [0.2, 0.25) is 0 Å². The SMILES string of the molecule is CN=C(N)OS(=O)O. The first-order valence-corrected chi connectivity index (χ1v) is 2.71. The lowest BCUT2D eigenvalue weighted by Crippen LogP contribution is -2.16. The second kappa shape index (κ2) is 3.39. The van der Waals surface area contributed by atoms with Crippen molar-refractivity contribution in [2.45, 2.75) is 0 Å². The van der Waals surface area contributed by atoms with Crippen LogP contribution in [0.4, 0.5) is 0 Å². The van der Waals surface area contributed by atoms with Gasteiger partial charge in [-0.25, -0.2) is 4.99 Å². The summed E-state index contributed by atoms with van der Waals surface area (Å²) in [5.74, 6) is 0. The van der Waals surface area contributed by atoms with Gasteiger partial charge in [0.15, 0.2) is 0 Å². The number of nitrogens with two attached hydrogens (primary N) is 1. The van der Waals surface area contributed by atoms with Gasteiger partial charge >= 0.3 is 11.4 Å². The first kappa shape index (κ1) is 7.38. The average molecular weight is 138 g/mol. The average Bonchev–Trinajstić information content (AvgIpc) is 1.65. The monoisotopic (exact) mass is 138 g/mol. The molecule has 0 aromatic carbocycles. The summed E-state index contributed by atoms with van der Waals surface area (Å²) < 4.78 is 21.6.